The van der Waals surface area contributed by atoms with Crippen molar-refractivity contribution in [3.63, 3.8) is 0 Å². The van der Waals surface area contributed by atoms with Crippen LogP contribution in [0.2, 0.25) is 0 Å². The summed E-state index contributed by atoms with van der Waals surface area (Å²) < 4.78 is 7.11. The number of ether oxygens (including phenoxy) is 1. The molecule has 0 radical (unpaired) electrons. The molecule has 192 valence electrons. The Labute approximate surface area is 205 Å². The highest BCUT2D eigenvalue weighted by atomic mass is 16.6. The molecule has 2 aromatic heterocycles. The van der Waals surface area contributed by atoms with Gasteiger partial charge in [0.2, 0.25) is 12.4 Å². The predicted octanol–water partition coefficient (Wildman–Crippen LogP) is -0.415. The number of hydrogen-bond donors (Lipinski definition) is 6. The van der Waals surface area contributed by atoms with Crippen molar-refractivity contribution in [1.82, 2.24) is 24.4 Å². The number of carboxylic acid groups (broad SMARTS) is 1. The van der Waals surface area contributed by atoms with Crippen LogP contribution in [0.25, 0.3) is 11.2 Å². The maximum atomic E-state index is 11.2. The highest BCUT2D eigenvalue weighted by Crippen LogP contribution is 2.34. The van der Waals surface area contributed by atoms with Gasteiger partial charge in [-0.1, -0.05) is 12.1 Å². The molecule has 1 amide bonds. The van der Waals surface area contributed by atoms with Crippen molar-refractivity contribution in [3.05, 3.63) is 36.2 Å². The topological polar surface area (TPSA) is 209 Å². The first kappa shape index (κ1) is 25.2. The number of rotatable bonds is 10. The molecule has 14 nitrogen and oxygen atoms in total. The highest BCUT2D eigenvalue weighted by molar-refractivity contribution is 5.83. The Balaban J connectivity index is 1.58. The fourth-order valence-corrected chi connectivity index (χ4v) is 3.99. The standard InChI is InChI=1S/C22H27N7O7/c1-2-28(10-30)20(35)17-15(33)16(34)21(36-17)29-9-24-14-18(23)26-22(27-19(14)29)25-12-6-3-11(4-7-12)5-8-13(31)32/h3-4,6-7,9-10,15-17,20-21,33-35H,2,5,8H2,1H3,(H,31,32)(H3,23,25,26,27)/t15-,16+,17-,20?,21+/m0/s1. The average Bonchev–Trinajstić information content (AvgIpc) is 3.40. The molecule has 1 aromatic carbocycles. The van der Waals surface area contributed by atoms with Gasteiger partial charge in [-0.15, -0.1) is 0 Å². The van der Waals surface area contributed by atoms with Crippen LogP contribution in [-0.2, 0) is 20.7 Å². The van der Waals surface area contributed by atoms with E-state index in [0.29, 0.717) is 18.5 Å². The van der Waals surface area contributed by atoms with Crippen LogP contribution in [0.15, 0.2) is 30.6 Å². The molecular weight excluding hydrogens is 474 g/mol. The number of aliphatic hydroxyl groups excluding tert-OH is 3. The molecule has 1 fully saturated rings. The lowest BCUT2D eigenvalue weighted by molar-refractivity contribution is -0.152. The monoisotopic (exact) mass is 501 g/mol. The second-order valence-corrected chi connectivity index (χ2v) is 8.29. The Morgan fingerprint density at radius 3 is 2.64 bits per heavy atom. The zero-order valence-electron chi connectivity index (χ0n) is 19.3. The molecule has 3 aromatic rings. The number of nitrogens with one attached hydrogen (secondary N) is 1. The number of aryl methyl sites for hydroxylation is 1. The first-order chi connectivity index (χ1) is 17.2. The molecule has 0 saturated carbocycles. The van der Waals surface area contributed by atoms with Gasteiger partial charge in [0, 0.05) is 18.7 Å². The molecule has 1 aliphatic heterocycles. The maximum absolute atomic E-state index is 11.2. The van der Waals surface area contributed by atoms with Crippen LogP contribution in [0, 0.1) is 0 Å². The van der Waals surface area contributed by atoms with Gasteiger partial charge in [0.15, 0.2) is 23.9 Å². The summed E-state index contributed by atoms with van der Waals surface area (Å²) in [5.41, 5.74) is 8.00. The van der Waals surface area contributed by atoms with Gasteiger partial charge in [0.25, 0.3) is 0 Å². The van der Waals surface area contributed by atoms with Crippen molar-refractivity contribution in [2.24, 2.45) is 0 Å². The van der Waals surface area contributed by atoms with Gasteiger partial charge in [-0.05, 0) is 31.0 Å². The number of hydrogen-bond acceptors (Lipinski definition) is 11. The fourth-order valence-electron chi connectivity index (χ4n) is 3.99. The van der Waals surface area contributed by atoms with Gasteiger partial charge in [-0.3, -0.25) is 14.2 Å². The molecule has 7 N–H and O–H groups in total. The number of likely N-dealkylation sites (N-methyl/N-ethyl adjacent to an activating group) is 1. The number of amides is 1. The minimum atomic E-state index is -1.49. The summed E-state index contributed by atoms with van der Waals surface area (Å²) in [4.78, 5) is 35.8. The number of nitrogen functional groups attached to an aromatic ring is 1. The third-order valence-corrected chi connectivity index (χ3v) is 5.97. The number of anilines is 3. The van der Waals surface area contributed by atoms with Crippen molar-refractivity contribution in [1.29, 1.82) is 0 Å². The van der Waals surface area contributed by atoms with Crippen molar-refractivity contribution in [2.45, 2.75) is 50.5 Å². The van der Waals surface area contributed by atoms with Gasteiger partial charge in [0.1, 0.15) is 23.8 Å². The molecule has 0 bridgehead atoms. The summed E-state index contributed by atoms with van der Waals surface area (Å²) in [6.45, 7) is 1.82. The van der Waals surface area contributed by atoms with E-state index in [1.54, 1.807) is 31.2 Å². The van der Waals surface area contributed by atoms with E-state index >= 15 is 0 Å². The van der Waals surface area contributed by atoms with Crippen molar-refractivity contribution < 1.29 is 34.8 Å². The third-order valence-electron chi connectivity index (χ3n) is 5.97. The molecule has 14 heteroatoms. The number of carbonyl (C=O) groups is 2. The Hall–Kier alpha value is -3.85. The highest BCUT2D eigenvalue weighted by Gasteiger charge is 2.48. The van der Waals surface area contributed by atoms with E-state index in [0.717, 1.165) is 10.5 Å². The lowest BCUT2D eigenvalue weighted by atomic mass is 10.1. The second-order valence-electron chi connectivity index (χ2n) is 8.29. The van der Waals surface area contributed by atoms with E-state index in [-0.39, 0.29) is 35.9 Å². The number of aliphatic carboxylic acids is 1. The van der Waals surface area contributed by atoms with E-state index in [4.69, 9.17) is 15.6 Å². The molecule has 1 unspecified atom stereocenters. The van der Waals surface area contributed by atoms with Gasteiger partial charge < -0.3 is 41.1 Å². The van der Waals surface area contributed by atoms with E-state index in [1.165, 1.54) is 10.9 Å². The molecule has 1 aliphatic rings. The first-order valence-corrected chi connectivity index (χ1v) is 11.2. The molecule has 5 atom stereocenters. The molecule has 36 heavy (non-hydrogen) atoms. The van der Waals surface area contributed by atoms with Crippen LogP contribution < -0.4 is 11.1 Å². The van der Waals surface area contributed by atoms with E-state index in [1.807, 2.05) is 0 Å². The minimum Gasteiger partial charge on any atom is -0.481 e. The smallest absolute Gasteiger partial charge is 0.303 e. The Morgan fingerprint density at radius 1 is 1.28 bits per heavy atom. The fraction of sp³-hybridized carbons (Fsp3) is 0.409. The lowest BCUT2D eigenvalue weighted by Crippen LogP contribution is -2.48. The van der Waals surface area contributed by atoms with Gasteiger partial charge >= 0.3 is 5.97 Å². The number of aliphatic hydroxyl groups is 3. The molecule has 0 aliphatic carbocycles. The van der Waals surface area contributed by atoms with Gasteiger partial charge in [-0.2, -0.15) is 9.97 Å². The summed E-state index contributed by atoms with van der Waals surface area (Å²) in [6.07, 6.45) is -4.70. The number of carbonyl (C=O) groups excluding carboxylic acids is 1. The molecule has 4 rings (SSSR count). The first-order valence-electron chi connectivity index (χ1n) is 11.2. The largest absolute Gasteiger partial charge is 0.481 e. The van der Waals surface area contributed by atoms with Crippen LogP contribution in [0.1, 0.15) is 25.1 Å². The lowest BCUT2D eigenvalue weighted by Gasteiger charge is -2.28. The van der Waals surface area contributed by atoms with E-state index in [9.17, 15) is 24.9 Å². The van der Waals surface area contributed by atoms with Crippen LogP contribution in [0.3, 0.4) is 0 Å². The van der Waals surface area contributed by atoms with E-state index in [2.05, 4.69) is 20.3 Å². The van der Waals surface area contributed by atoms with Gasteiger partial charge in [-0.25, -0.2) is 4.98 Å². The van der Waals surface area contributed by atoms with Crippen molar-refractivity contribution in [3.8, 4) is 0 Å². The number of fused-ring (bicyclic) bond motifs is 1. The molecule has 0 spiro atoms. The maximum Gasteiger partial charge on any atom is 0.303 e. The molecule has 1 saturated heterocycles. The number of nitrogens with two attached hydrogens (primary N) is 1. The summed E-state index contributed by atoms with van der Waals surface area (Å²) >= 11 is 0. The zero-order chi connectivity index (χ0) is 26.0. The Bertz CT molecular complexity index is 1240. The normalized spacial score (nSPS) is 22.4. The minimum absolute atomic E-state index is 0.0281. The van der Waals surface area contributed by atoms with Crippen LogP contribution >= 0.6 is 0 Å². The number of benzene rings is 1. The SMILES string of the molecule is CCN(C=O)C(O)[C@H]1O[C@@H](n2cnc3c(N)nc(Nc4ccc(CCC(=O)O)cc4)nc32)[C@H](O)[C@@H]1O. The summed E-state index contributed by atoms with van der Waals surface area (Å²) in [6, 6.07) is 7.06. The average molecular weight is 502 g/mol. The number of carboxylic acids is 1. The van der Waals surface area contributed by atoms with Crippen LogP contribution in [0.4, 0.5) is 17.5 Å². The Kier molecular flexibility index (Phi) is 7.30. The van der Waals surface area contributed by atoms with Crippen LogP contribution in [-0.4, -0.2) is 88.3 Å². The van der Waals surface area contributed by atoms with Gasteiger partial charge in [0.05, 0.1) is 6.33 Å². The van der Waals surface area contributed by atoms with E-state index < -0.39 is 36.7 Å². The van der Waals surface area contributed by atoms with Crippen molar-refractivity contribution >= 4 is 41.0 Å². The summed E-state index contributed by atoms with van der Waals surface area (Å²) in [5.74, 6) is -0.688. The number of imidazole rings is 1. The second kappa shape index (κ2) is 10.4. The third kappa shape index (κ3) is 4.92. The molecular formula is C22H27N7O7. The summed E-state index contributed by atoms with van der Waals surface area (Å²) in [5, 5.41) is 43.4. The van der Waals surface area contributed by atoms with Crippen molar-refractivity contribution in [2.75, 3.05) is 17.6 Å². The zero-order valence-corrected chi connectivity index (χ0v) is 19.3. The Morgan fingerprint density at radius 2 is 2.00 bits per heavy atom. The summed E-state index contributed by atoms with van der Waals surface area (Å²) in [7, 11) is 0. The number of nitrogens with zero attached hydrogens (tertiary/aromatic N) is 5. The predicted molar refractivity (Wildman–Crippen MR) is 126 cm³/mol. The van der Waals surface area contributed by atoms with Crippen LogP contribution in [0.5, 0.6) is 0 Å². The quantitative estimate of drug-likeness (QED) is 0.155. The molecule has 3 heterocycles. The number of aromatic nitrogens is 4.